The van der Waals surface area contributed by atoms with Crippen molar-refractivity contribution in [1.82, 2.24) is 25.2 Å². The van der Waals surface area contributed by atoms with Gasteiger partial charge < -0.3 is 10.6 Å². The molecule has 39 heavy (non-hydrogen) atoms. The number of rotatable bonds is 10. The fourth-order valence-electron chi connectivity index (χ4n) is 5.74. The third-order valence-corrected chi connectivity index (χ3v) is 8.40. The second kappa shape index (κ2) is 10.6. The van der Waals surface area contributed by atoms with E-state index >= 15 is 0 Å². The topological polar surface area (TPSA) is 88.4 Å². The van der Waals surface area contributed by atoms with Crippen molar-refractivity contribution < 1.29 is 31.5 Å². The number of hydrogen-bond donors (Lipinski definition) is 2. The number of carbonyl (C=O) groups excluding carboxylic acids is 2. The molecule has 0 saturated heterocycles. The van der Waals surface area contributed by atoms with Crippen molar-refractivity contribution in [2.45, 2.75) is 95.3 Å². The molecule has 214 valence electrons. The number of hydrogen-bond acceptors (Lipinski definition) is 4. The molecule has 7 nitrogen and oxygen atoms in total. The Bertz CT molecular complexity index is 1200. The van der Waals surface area contributed by atoms with Gasteiger partial charge in [0, 0.05) is 25.2 Å². The van der Waals surface area contributed by atoms with Crippen molar-refractivity contribution in [3.05, 3.63) is 29.7 Å². The number of alkyl halides is 5. The summed E-state index contributed by atoms with van der Waals surface area (Å²) in [7, 11) is 0. The maximum absolute atomic E-state index is 13.9. The Labute approximate surface area is 223 Å². The molecule has 2 heterocycles. The molecule has 3 aliphatic carbocycles. The average Bonchev–Trinajstić information content (AvgIpc) is 3.80. The lowest BCUT2D eigenvalue weighted by molar-refractivity contribution is -0.144. The molecule has 2 amide bonds. The summed E-state index contributed by atoms with van der Waals surface area (Å²) in [5.41, 5.74) is 1.63. The van der Waals surface area contributed by atoms with E-state index in [1.165, 1.54) is 4.52 Å². The molecular formula is C27H34F5N5O2. The third kappa shape index (κ3) is 6.87. The van der Waals surface area contributed by atoms with Gasteiger partial charge in [0.15, 0.2) is 5.65 Å². The highest BCUT2D eigenvalue weighted by Gasteiger charge is 2.44. The van der Waals surface area contributed by atoms with E-state index in [-0.39, 0.29) is 49.3 Å². The van der Waals surface area contributed by atoms with E-state index in [0.29, 0.717) is 22.8 Å². The van der Waals surface area contributed by atoms with Gasteiger partial charge in [-0.05, 0) is 61.5 Å². The van der Waals surface area contributed by atoms with E-state index in [1.807, 2.05) is 6.92 Å². The van der Waals surface area contributed by atoms with Crippen molar-refractivity contribution in [2.75, 3.05) is 0 Å². The Morgan fingerprint density at radius 1 is 1.10 bits per heavy atom. The summed E-state index contributed by atoms with van der Waals surface area (Å²) in [4.78, 5) is 29.9. The van der Waals surface area contributed by atoms with Crippen molar-refractivity contribution in [3.63, 3.8) is 0 Å². The minimum absolute atomic E-state index is 0.0652. The Kier molecular flexibility index (Phi) is 7.58. The number of carbonyl (C=O) groups is 2. The fourth-order valence-corrected chi connectivity index (χ4v) is 5.74. The minimum atomic E-state index is -4.41. The Hall–Kier alpha value is -2.79. The number of fused-ring (bicyclic) bond motifs is 1. The van der Waals surface area contributed by atoms with Crippen LogP contribution in [-0.4, -0.2) is 38.5 Å². The van der Waals surface area contributed by atoms with Crippen molar-refractivity contribution in [1.29, 1.82) is 0 Å². The van der Waals surface area contributed by atoms with Crippen LogP contribution in [0.3, 0.4) is 0 Å². The normalized spacial score (nSPS) is 24.8. The summed E-state index contributed by atoms with van der Waals surface area (Å²) in [6.45, 7) is 2.04. The molecule has 0 radical (unpaired) electrons. The molecule has 3 saturated carbocycles. The predicted octanol–water partition coefficient (Wildman–Crippen LogP) is 5.67. The molecule has 0 spiro atoms. The summed E-state index contributed by atoms with van der Waals surface area (Å²) in [6, 6.07) is 0.740. The zero-order valence-corrected chi connectivity index (χ0v) is 21.8. The summed E-state index contributed by atoms with van der Waals surface area (Å²) < 4.78 is 67.0. The molecule has 12 heteroatoms. The predicted molar refractivity (Wildman–Crippen MR) is 132 cm³/mol. The first kappa shape index (κ1) is 27.8. The third-order valence-electron chi connectivity index (χ3n) is 8.40. The van der Waals surface area contributed by atoms with Crippen molar-refractivity contribution in [3.8, 4) is 0 Å². The van der Waals surface area contributed by atoms with Crippen molar-refractivity contribution in [2.24, 2.45) is 23.7 Å². The first-order valence-corrected chi connectivity index (χ1v) is 13.8. The standard InChI is InChI=1S/C27H34F5N5O2/c1-2-15-11-19(15)25(39)36-24(17-5-8-26(28,29)9-6-17)20-14-37-21(34-20)12-18(13-33-37)23(16-3-4-16)35-22(38)7-10-27(30,31)32/h12-17,19,23-24H,2-11H2,1H3,(H,35,38)(H,36,39)/t15-,19+,23+,24-/m0/s1. The van der Waals surface area contributed by atoms with Gasteiger partial charge in [0.1, 0.15) is 0 Å². The molecule has 3 fully saturated rings. The number of nitrogens with zero attached hydrogens (tertiary/aromatic N) is 3. The molecule has 5 rings (SSSR count). The first-order valence-electron chi connectivity index (χ1n) is 13.8. The average molecular weight is 556 g/mol. The molecule has 0 aliphatic heterocycles. The summed E-state index contributed by atoms with van der Waals surface area (Å²) >= 11 is 0. The Morgan fingerprint density at radius 2 is 1.79 bits per heavy atom. The van der Waals surface area contributed by atoms with Crippen LogP contribution in [0, 0.1) is 23.7 Å². The molecule has 2 aromatic rings. The second-order valence-corrected chi connectivity index (χ2v) is 11.4. The summed E-state index contributed by atoms with van der Waals surface area (Å²) in [5, 5.41) is 10.2. The summed E-state index contributed by atoms with van der Waals surface area (Å²) in [5.74, 6) is -3.25. The van der Waals surface area contributed by atoms with E-state index in [2.05, 4.69) is 15.7 Å². The Balaban J connectivity index is 1.36. The van der Waals surface area contributed by atoms with Gasteiger partial charge in [-0.3, -0.25) is 9.59 Å². The molecule has 0 aromatic carbocycles. The lowest BCUT2D eigenvalue weighted by Crippen LogP contribution is -2.38. The zero-order valence-electron chi connectivity index (χ0n) is 21.8. The monoisotopic (exact) mass is 555 g/mol. The van der Waals surface area contributed by atoms with Crippen LogP contribution in [0.2, 0.25) is 0 Å². The maximum atomic E-state index is 13.9. The highest BCUT2D eigenvalue weighted by atomic mass is 19.4. The van der Waals surface area contributed by atoms with Crippen LogP contribution in [-0.2, 0) is 9.59 Å². The number of nitrogens with one attached hydrogen (secondary N) is 2. The maximum Gasteiger partial charge on any atom is 0.389 e. The number of halogens is 5. The quantitative estimate of drug-likeness (QED) is 0.370. The summed E-state index contributed by atoms with van der Waals surface area (Å²) in [6.07, 6.45) is 0.497. The molecular weight excluding hydrogens is 521 g/mol. The smallest absolute Gasteiger partial charge is 0.349 e. The van der Waals surface area contributed by atoms with Crippen LogP contribution in [0.25, 0.3) is 5.65 Å². The number of aromatic nitrogens is 3. The molecule has 4 atom stereocenters. The Morgan fingerprint density at radius 3 is 2.41 bits per heavy atom. The largest absolute Gasteiger partial charge is 0.389 e. The minimum Gasteiger partial charge on any atom is -0.349 e. The van der Waals surface area contributed by atoms with Gasteiger partial charge in [-0.25, -0.2) is 18.3 Å². The molecule has 2 aromatic heterocycles. The van der Waals surface area contributed by atoms with Crippen LogP contribution < -0.4 is 10.6 Å². The van der Waals surface area contributed by atoms with Gasteiger partial charge in [-0.15, -0.1) is 0 Å². The van der Waals surface area contributed by atoms with Gasteiger partial charge in [0.05, 0.1) is 36.6 Å². The lowest BCUT2D eigenvalue weighted by atomic mass is 9.81. The van der Waals surface area contributed by atoms with E-state index in [1.54, 1.807) is 18.5 Å². The van der Waals surface area contributed by atoms with Crippen LogP contribution in [0.1, 0.15) is 94.5 Å². The van der Waals surface area contributed by atoms with Gasteiger partial charge in [0.25, 0.3) is 0 Å². The van der Waals surface area contributed by atoms with Gasteiger partial charge in [0.2, 0.25) is 17.7 Å². The van der Waals surface area contributed by atoms with Gasteiger partial charge >= 0.3 is 6.18 Å². The highest BCUT2D eigenvalue weighted by Crippen LogP contribution is 2.45. The van der Waals surface area contributed by atoms with Crippen molar-refractivity contribution >= 4 is 17.5 Å². The molecule has 3 aliphatic rings. The molecule has 2 N–H and O–H groups in total. The van der Waals surface area contributed by atoms with E-state index in [4.69, 9.17) is 4.98 Å². The van der Waals surface area contributed by atoms with E-state index in [9.17, 15) is 31.5 Å². The fraction of sp³-hybridized carbons (Fsp3) is 0.704. The van der Waals surface area contributed by atoms with E-state index in [0.717, 1.165) is 25.7 Å². The lowest BCUT2D eigenvalue weighted by Gasteiger charge is -2.33. The first-order chi connectivity index (χ1) is 18.4. The van der Waals surface area contributed by atoms with E-state index < -0.39 is 42.9 Å². The number of imidazole rings is 1. The number of amides is 2. The molecule has 0 bridgehead atoms. The van der Waals surface area contributed by atoms with Crippen LogP contribution in [0.5, 0.6) is 0 Å². The zero-order chi connectivity index (χ0) is 27.9. The van der Waals surface area contributed by atoms with Gasteiger partial charge in [-0.1, -0.05) is 13.3 Å². The van der Waals surface area contributed by atoms with Gasteiger partial charge in [-0.2, -0.15) is 18.3 Å². The highest BCUT2D eigenvalue weighted by molar-refractivity contribution is 5.82. The van der Waals surface area contributed by atoms with Crippen LogP contribution in [0.15, 0.2) is 18.5 Å². The second-order valence-electron chi connectivity index (χ2n) is 11.4. The SMILES string of the molecule is CC[C@H]1C[C@H]1C(=O)N[C@H](c1cn2ncc([C@H](NC(=O)CCC(F)(F)F)C3CC3)cc2n1)C1CCC(F)(F)CC1. The van der Waals surface area contributed by atoms with Crippen LogP contribution >= 0.6 is 0 Å². The molecule has 0 unspecified atom stereocenters. The van der Waals surface area contributed by atoms with Crippen LogP contribution in [0.4, 0.5) is 22.0 Å².